The number of benzene rings is 3. The Hall–Kier alpha value is -4.61. The molecule has 3 heterocycles. The maximum atomic E-state index is 13.9. The highest BCUT2D eigenvalue weighted by Gasteiger charge is 2.20. The Labute approximate surface area is 223 Å². The first-order valence-electron chi connectivity index (χ1n) is 12.3. The quantitative estimate of drug-likeness (QED) is 0.244. The molecular weight excluding hydrogens is 519 g/mol. The average Bonchev–Trinajstić information content (AvgIpc) is 3.54. The van der Waals surface area contributed by atoms with Crippen molar-refractivity contribution in [3.05, 3.63) is 97.3 Å². The summed E-state index contributed by atoms with van der Waals surface area (Å²) in [6.07, 6.45) is 5.35. The third-order valence-corrected chi connectivity index (χ3v) is 7.75. The molecule has 6 aromatic rings. The summed E-state index contributed by atoms with van der Waals surface area (Å²) in [7, 11) is -3.67. The molecule has 0 aliphatic rings. The van der Waals surface area contributed by atoms with Crippen LogP contribution in [0, 0.1) is 5.82 Å². The number of hydrogen-bond donors (Lipinski definition) is 2. The lowest BCUT2D eigenvalue weighted by molar-refractivity contribution is 0.581. The minimum Gasteiger partial charge on any atom is -0.432 e. The number of rotatable bonds is 9. The van der Waals surface area contributed by atoms with Crippen LogP contribution in [-0.2, 0) is 10.0 Å². The van der Waals surface area contributed by atoms with Crippen molar-refractivity contribution in [1.29, 1.82) is 0 Å². The lowest BCUT2D eigenvalue weighted by atomic mass is 10.1. The molecule has 0 bridgehead atoms. The number of imidazole rings is 1. The Bertz CT molecular complexity index is 1900. The molecule has 3 aromatic heterocycles. The van der Waals surface area contributed by atoms with E-state index in [0.29, 0.717) is 52.8 Å². The van der Waals surface area contributed by atoms with Crippen molar-refractivity contribution < 1.29 is 17.2 Å². The number of nitrogens with one attached hydrogen (secondary N) is 2. The van der Waals surface area contributed by atoms with Gasteiger partial charge in [0.25, 0.3) is 0 Å². The maximum absolute atomic E-state index is 13.9. The predicted molar refractivity (Wildman–Crippen MR) is 146 cm³/mol. The Morgan fingerprint density at radius 2 is 1.79 bits per heavy atom. The summed E-state index contributed by atoms with van der Waals surface area (Å²) >= 11 is 0. The summed E-state index contributed by atoms with van der Waals surface area (Å²) in [4.78, 5) is 13.7. The van der Waals surface area contributed by atoms with Gasteiger partial charge in [-0.1, -0.05) is 48.5 Å². The highest BCUT2D eigenvalue weighted by Crippen LogP contribution is 2.32. The molecule has 39 heavy (non-hydrogen) atoms. The fourth-order valence-corrected chi connectivity index (χ4v) is 5.75. The molecule has 0 aliphatic carbocycles. The molecule has 0 amide bonds. The summed E-state index contributed by atoms with van der Waals surface area (Å²) in [5, 5.41) is 4.69. The van der Waals surface area contributed by atoms with Crippen LogP contribution in [0.2, 0.25) is 0 Å². The van der Waals surface area contributed by atoms with Gasteiger partial charge in [-0.3, -0.25) is 4.40 Å². The molecule has 0 spiro atoms. The van der Waals surface area contributed by atoms with Crippen molar-refractivity contribution in [3.63, 3.8) is 0 Å². The van der Waals surface area contributed by atoms with Gasteiger partial charge in [0.1, 0.15) is 23.5 Å². The molecule has 11 heteroatoms. The van der Waals surface area contributed by atoms with Crippen molar-refractivity contribution in [2.45, 2.75) is 11.3 Å². The second-order valence-electron chi connectivity index (χ2n) is 8.80. The molecule has 2 N–H and O–H groups in total. The number of nitrogens with zero attached hydrogens (tertiary/aromatic N) is 4. The topological polar surface area (TPSA) is 114 Å². The number of fused-ring (bicyclic) bond motifs is 2. The van der Waals surface area contributed by atoms with Crippen LogP contribution in [0.25, 0.3) is 39.3 Å². The lowest BCUT2D eigenvalue weighted by Gasteiger charge is -2.10. The smallest absolute Gasteiger partial charge is 0.306 e. The number of sulfonamides is 1. The van der Waals surface area contributed by atoms with E-state index in [0.717, 1.165) is 5.39 Å². The van der Waals surface area contributed by atoms with Crippen LogP contribution in [0.3, 0.4) is 0 Å². The molecule has 0 fully saturated rings. The van der Waals surface area contributed by atoms with E-state index in [1.54, 1.807) is 53.2 Å². The van der Waals surface area contributed by atoms with E-state index < -0.39 is 10.0 Å². The number of oxazole rings is 1. The summed E-state index contributed by atoms with van der Waals surface area (Å²) in [5.74, 6) is 0.355. The van der Waals surface area contributed by atoms with Gasteiger partial charge in [-0.05, 0) is 36.1 Å². The zero-order chi connectivity index (χ0) is 26.8. The van der Waals surface area contributed by atoms with Crippen LogP contribution < -0.4 is 10.0 Å². The summed E-state index contributed by atoms with van der Waals surface area (Å²) in [5.41, 5.74) is 2.33. The SMILES string of the molecule is O=S(=O)(NCCCNc1nccc(-c2c(-c3cccc(F)c3)nc3occn23)n1)c1cccc2ccccc12. The van der Waals surface area contributed by atoms with Gasteiger partial charge in [0, 0.05) is 36.4 Å². The second kappa shape index (κ2) is 10.3. The fraction of sp³-hybridized carbons (Fsp3) is 0.107. The van der Waals surface area contributed by atoms with Crippen LogP contribution in [-0.4, -0.2) is 40.9 Å². The van der Waals surface area contributed by atoms with Crippen LogP contribution in [0.5, 0.6) is 0 Å². The minimum atomic E-state index is -3.67. The van der Waals surface area contributed by atoms with Gasteiger partial charge < -0.3 is 9.73 Å². The summed E-state index contributed by atoms with van der Waals surface area (Å²) < 4.78 is 49.6. The van der Waals surface area contributed by atoms with E-state index in [4.69, 9.17) is 4.42 Å². The first-order chi connectivity index (χ1) is 19.0. The molecule has 9 nitrogen and oxygen atoms in total. The first kappa shape index (κ1) is 24.7. The van der Waals surface area contributed by atoms with E-state index in [9.17, 15) is 12.8 Å². The van der Waals surface area contributed by atoms with Crippen molar-refractivity contribution in [1.82, 2.24) is 24.1 Å². The Morgan fingerprint density at radius 1 is 0.949 bits per heavy atom. The number of aromatic nitrogens is 4. The predicted octanol–water partition coefficient (Wildman–Crippen LogP) is 5.12. The second-order valence-corrected chi connectivity index (χ2v) is 10.5. The van der Waals surface area contributed by atoms with Crippen molar-refractivity contribution in [2.75, 3.05) is 18.4 Å². The molecular formula is C28H23FN6O3S. The van der Waals surface area contributed by atoms with E-state index in [1.807, 2.05) is 24.3 Å². The van der Waals surface area contributed by atoms with E-state index in [1.165, 1.54) is 18.4 Å². The van der Waals surface area contributed by atoms with E-state index >= 15 is 0 Å². The first-order valence-corrected chi connectivity index (χ1v) is 13.7. The molecule has 0 atom stereocenters. The molecule has 0 unspecified atom stereocenters. The Morgan fingerprint density at radius 3 is 2.69 bits per heavy atom. The van der Waals surface area contributed by atoms with Crippen molar-refractivity contribution in [3.8, 4) is 22.6 Å². The van der Waals surface area contributed by atoms with E-state index in [2.05, 4.69) is 25.0 Å². The molecule has 0 radical (unpaired) electrons. The third-order valence-electron chi connectivity index (χ3n) is 6.23. The van der Waals surface area contributed by atoms with Gasteiger partial charge >= 0.3 is 5.84 Å². The van der Waals surface area contributed by atoms with Crippen LogP contribution in [0.4, 0.5) is 10.3 Å². The summed E-state index contributed by atoms with van der Waals surface area (Å²) in [6.45, 7) is 0.673. The van der Waals surface area contributed by atoms with Gasteiger partial charge in [0.05, 0.1) is 10.6 Å². The van der Waals surface area contributed by atoms with Gasteiger partial charge in [-0.15, -0.1) is 0 Å². The highest BCUT2D eigenvalue weighted by molar-refractivity contribution is 7.89. The number of hydrogen-bond acceptors (Lipinski definition) is 7. The van der Waals surface area contributed by atoms with Crippen molar-refractivity contribution in [2.24, 2.45) is 0 Å². The molecule has 6 rings (SSSR count). The molecule has 196 valence electrons. The van der Waals surface area contributed by atoms with Gasteiger partial charge in [0.2, 0.25) is 16.0 Å². The van der Waals surface area contributed by atoms with Crippen LogP contribution in [0.1, 0.15) is 6.42 Å². The molecule has 0 aliphatic heterocycles. The fourth-order valence-electron chi connectivity index (χ4n) is 4.45. The molecule has 0 saturated carbocycles. The lowest BCUT2D eigenvalue weighted by Crippen LogP contribution is -2.26. The normalized spacial score (nSPS) is 11.8. The van der Waals surface area contributed by atoms with E-state index in [-0.39, 0.29) is 17.3 Å². The minimum absolute atomic E-state index is 0.236. The third kappa shape index (κ3) is 4.97. The number of anilines is 1. The Kier molecular flexibility index (Phi) is 6.51. The maximum Gasteiger partial charge on any atom is 0.306 e. The summed E-state index contributed by atoms with van der Waals surface area (Å²) in [6, 6.07) is 20.5. The highest BCUT2D eigenvalue weighted by atomic mass is 32.2. The largest absolute Gasteiger partial charge is 0.432 e. The van der Waals surface area contributed by atoms with Crippen LogP contribution >= 0.6 is 0 Å². The van der Waals surface area contributed by atoms with Gasteiger partial charge in [-0.25, -0.2) is 27.5 Å². The standard InChI is InChI=1S/C28H23FN6O3S/c29-21-9-3-8-20(18-21)25-26(35-16-17-38-28(35)34-25)23-12-15-31-27(33-23)30-13-5-14-32-39(36,37)24-11-4-7-19-6-1-2-10-22(19)24/h1-4,6-12,15-18,32H,5,13-14H2,(H,30,31,33). The number of halogens is 1. The average molecular weight is 543 g/mol. The zero-order valence-electron chi connectivity index (χ0n) is 20.6. The molecule has 0 saturated heterocycles. The Balaban J connectivity index is 1.15. The van der Waals surface area contributed by atoms with Crippen molar-refractivity contribution >= 4 is 32.6 Å². The molecule has 3 aromatic carbocycles. The van der Waals surface area contributed by atoms with Gasteiger partial charge in [0.15, 0.2) is 0 Å². The zero-order valence-corrected chi connectivity index (χ0v) is 21.4. The van der Waals surface area contributed by atoms with Gasteiger partial charge in [-0.2, -0.15) is 4.98 Å². The monoisotopic (exact) mass is 542 g/mol. The van der Waals surface area contributed by atoms with Crippen LogP contribution in [0.15, 0.2) is 101 Å².